The van der Waals surface area contributed by atoms with Crippen molar-refractivity contribution < 1.29 is 9.59 Å². The fraction of sp³-hybridized carbons (Fsp3) is 0.273. The third-order valence-corrected chi connectivity index (χ3v) is 2.75. The summed E-state index contributed by atoms with van der Waals surface area (Å²) in [5.41, 5.74) is 5.89. The smallest absolute Gasteiger partial charge is 0.240 e. The molecule has 0 fully saturated rings. The molecule has 0 saturated carbocycles. The fourth-order valence-corrected chi connectivity index (χ4v) is 1.86. The molecule has 0 aromatic heterocycles. The van der Waals surface area contributed by atoms with Crippen LogP contribution in [0.4, 0.5) is 0 Å². The second-order valence-electron chi connectivity index (χ2n) is 3.60. The lowest BCUT2D eigenvalue weighted by Crippen LogP contribution is -2.45. The number of hydrogen-bond donors (Lipinski definition) is 2. The maximum Gasteiger partial charge on any atom is 0.240 e. The van der Waals surface area contributed by atoms with E-state index in [9.17, 15) is 9.59 Å². The van der Waals surface area contributed by atoms with E-state index in [4.69, 9.17) is 28.9 Å². The first-order valence-corrected chi connectivity index (χ1v) is 5.66. The summed E-state index contributed by atoms with van der Waals surface area (Å²) in [5, 5.41) is 3.41. The van der Waals surface area contributed by atoms with Crippen LogP contribution in [-0.2, 0) is 16.0 Å². The summed E-state index contributed by atoms with van der Waals surface area (Å²) in [6, 6.07) is 4.16. The Balaban J connectivity index is 2.86. The van der Waals surface area contributed by atoms with Gasteiger partial charge in [-0.15, -0.1) is 0 Å². The molecule has 0 aliphatic carbocycles. The molecule has 1 rings (SSSR count). The van der Waals surface area contributed by atoms with E-state index in [2.05, 4.69) is 5.32 Å². The van der Waals surface area contributed by atoms with Crippen molar-refractivity contribution in [1.29, 1.82) is 0 Å². The molecule has 6 heteroatoms. The summed E-state index contributed by atoms with van der Waals surface area (Å²) in [5.74, 6) is -0.926. The molecule has 1 atom stereocenters. The zero-order valence-electron chi connectivity index (χ0n) is 9.17. The first-order chi connectivity index (χ1) is 7.90. The van der Waals surface area contributed by atoms with Gasteiger partial charge in [-0.25, -0.2) is 0 Å². The van der Waals surface area contributed by atoms with E-state index in [0.717, 1.165) is 0 Å². The number of carbonyl (C=O) groups excluding carboxylic acids is 2. The van der Waals surface area contributed by atoms with Crippen molar-refractivity contribution >= 4 is 35.0 Å². The van der Waals surface area contributed by atoms with Crippen LogP contribution < -0.4 is 11.1 Å². The molecule has 0 heterocycles. The second kappa shape index (κ2) is 5.89. The fourth-order valence-electron chi connectivity index (χ4n) is 1.38. The number of amides is 2. The molecule has 92 valence electrons. The molecule has 0 unspecified atom stereocenters. The predicted molar refractivity (Wildman–Crippen MR) is 67.0 cm³/mol. The van der Waals surface area contributed by atoms with Crippen molar-refractivity contribution in [3.63, 3.8) is 0 Å². The summed E-state index contributed by atoms with van der Waals surface area (Å²) in [7, 11) is 0. The van der Waals surface area contributed by atoms with Gasteiger partial charge in [0.15, 0.2) is 0 Å². The minimum Gasteiger partial charge on any atom is -0.368 e. The number of nitrogens with two attached hydrogens (primary N) is 1. The zero-order chi connectivity index (χ0) is 13.0. The Hall–Kier alpha value is -1.26. The second-order valence-corrected chi connectivity index (χ2v) is 4.44. The molecule has 0 radical (unpaired) electrons. The number of primary amides is 1. The minimum atomic E-state index is -0.772. The van der Waals surface area contributed by atoms with Gasteiger partial charge in [0, 0.05) is 23.4 Å². The van der Waals surface area contributed by atoms with Gasteiger partial charge in [0.2, 0.25) is 11.8 Å². The van der Waals surface area contributed by atoms with Crippen molar-refractivity contribution in [3.05, 3.63) is 33.8 Å². The Kier molecular flexibility index (Phi) is 4.78. The zero-order valence-corrected chi connectivity index (χ0v) is 10.7. The maximum atomic E-state index is 11.2. The molecule has 0 saturated heterocycles. The largest absolute Gasteiger partial charge is 0.368 e. The van der Waals surface area contributed by atoms with E-state index >= 15 is 0 Å². The Labute approximate surface area is 109 Å². The van der Waals surface area contributed by atoms with E-state index in [1.165, 1.54) is 6.92 Å². The Morgan fingerprint density at radius 1 is 1.41 bits per heavy atom. The van der Waals surface area contributed by atoms with Gasteiger partial charge in [0.05, 0.1) is 0 Å². The topological polar surface area (TPSA) is 72.2 Å². The van der Waals surface area contributed by atoms with Gasteiger partial charge < -0.3 is 11.1 Å². The van der Waals surface area contributed by atoms with Gasteiger partial charge in [-0.2, -0.15) is 0 Å². The average Bonchev–Trinajstić information content (AvgIpc) is 2.19. The molecule has 1 aromatic carbocycles. The van der Waals surface area contributed by atoms with Gasteiger partial charge in [-0.05, 0) is 17.7 Å². The lowest BCUT2D eigenvalue weighted by atomic mass is 10.1. The Morgan fingerprint density at radius 2 is 2.06 bits per heavy atom. The third-order valence-electron chi connectivity index (χ3n) is 2.16. The van der Waals surface area contributed by atoms with E-state index in [1.807, 2.05) is 0 Å². The Morgan fingerprint density at radius 3 is 2.53 bits per heavy atom. The van der Waals surface area contributed by atoms with Crippen LogP contribution in [0, 0.1) is 0 Å². The molecule has 0 bridgehead atoms. The van der Waals surface area contributed by atoms with Crippen molar-refractivity contribution in [2.45, 2.75) is 19.4 Å². The minimum absolute atomic E-state index is 0.241. The van der Waals surface area contributed by atoms with Crippen LogP contribution in [0.25, 0.3) is 0 Å². The van der Waals surface area contributed by atoms with Crippen molar-refractivity contribution in [3.8, 4) is 0 Å². The highest BCUT2D eigenvalue weighted by Gasteiger charge is 2.18. The number of halogens is 2. The van der Waals surface area contributed by atoms with Crippen molar-refractivity contribution in [1.82, 2.24) is 5.32 Å². The standard InChI is InChI=1S/C11H12Cl2N2O2/c1-6(16)15-10(11(14)17)4-7-2-3-8(12)5-9(7)13/h2-3,5,10H,4H2,1H3,(H2,14,17)(H,15,16)/t10-/m0/s1. The summed E-state index contributed by atoms with van der Waals surface area (Å²) in [4.78, 5) is 22.1. The highest BCUT2D eigenvalue weighted by atomic mass is 35.5. The first kappa shape index (κ1) is 13.8. The van der Waals surface area contributed by atoms with Crippen LogP contribution in [0.2, 0.25) is 10.0 Å². The molecule has 0 aliphatic heterocycles. The molecule has 0 aliphatic rings. The number of rotatable bonds is 4. The van der Waals surface area contributed by atoms with E-state index in [0.29, 0.717) is 15.6 Å². The number of benzene rings is 1. The summed E-state index contributed by atoms with van der Waals surface area (Å²) >= 11 is 11.7. The van der Waals surface area contributed by atoms with Crippen LogP contribution >= 0.6 is 23.2 Å². The van der Waals surface area contributed by atoms with Gasteiger partial charge >= 0.3 is 0 Å². The number of carbonyl (C=O) groups is 2. The SMILES string of the molecule is CC(=O)N[C@@H](Cc1ccc(Cl)cc1Cl)C(N)=O. The lowest BCUT2D eigenvalue weighted by Gasteiger charge is -2.15. The van der Waals surface area contributed by atoms with Gasteiger partial charge in [0.1, 0.15) is 6.04 Å². The van der Waals surface area contributed by atoms with E-state index in [-0.39, 0.29) is 12.3 Å². The number of nitrogens with one attached hydrogen (secondary N) is 1. The van der Waals surface area contributed by atoms with E-state index < -0.39 is 11.9 Å². The number of hydrogen-bond acceptors (Lipinski definition) is 2. The molecular weight excluding hydrogens is 263 g/mol. The van der Waals surface area contributed by atoms with Crippen LogP contribution in [0.3, 0.4) is 0 Å². The molecular formula is C11H12Cl2N2O2. The summed E-state index contributed by atoms with van der Waals surface area (Å²) < 4.78 is 0. The summed E-state index contributed by atoms with van der Waals surface area (Å²) in [6.07, 6.45) is 0.241. The Bertz CT molecular complexity index is 449. The molecule has 1 aromatic rings. The summed E-state index contributed by atoms with van der Waals surface area (Å²) in [6.45, 7) is 1.32. The highest BCUT2D eigenvalue weighted by molar-refractivity contribution is 6.35. The van der Waals surface area contributed by atoms with Crippen LogP contribution in [0.1, 0.15) is 12.5 Å². The van der Waals surface area contributed by atoms with Crippen molar-refractivity contribution in [2.24, 2.45) is 5.73 Å². The molecule has 3 N–H and O–H groups in total. The predicted octanol–water partition coefficient (Wildman–Crippen LogP) is 1.53. The lowest BCUT2D eigenvalue weighted by molar-refractivity contribution is -0.126. The molecule has 4 nitrogen and oxygen atoms in total. The first-order valence-electron chi connectivity index (χ1n) is 4.90. The molecule has 0 spiro atoms. The van der Waals surface area contributed by atoms with Gasteiger partial charge in [-0.1, -0.05) is 29.3 Å². The van der Waals surface area contributed by atoms with Crippen LogP contribution in [0.5, 0.6) is 0 Å². The molecule has 2 amide bonds. The highest BCUT2D eigenvalue weighted by Crippen LogP contribution is 2.22. The quantitative estimate of drug-likeness (QED) is 0.874. The van der Waals surface area contributed by atoms with Crippen molar-refractivity contribution in [2.75, 3.05) is 0 Å². The average molecular weight is 275 g/mol. The maximum absolute atomic E-state index is 11.2. The van der Waals surface area contributed by atoms with E-state index in [1.54, 1.807) is 18.2 Å². The van der Waals surface area contributed by atoms with Gasteiger partial charge in [0.25, 0.3) is 0 Å². The van der Waals surface area contributed by atoms with Gasteiger partial charge in [-0.3, -0.25) is 9.59 Å². The monoisotopic (exact) mass is 274 g/mol. The third kappa shape index (κ3) is 4.24. The molecule has 17 heavy (non-hydrogen) atoms. The van der Waals surface area contributed by atoms with Crippen LogP contribution in [0.15, 0.2) is 18.2 Å². The van der Waals surface area contributed by atoms with Crippen LogP contribution in [-0.4, -0.2) is 17.9 Å². The normalized spacial score (nSPS) is 11.9.